The van der Waals surface area contributed by atoms with Crippen LogP contribution in [0.4, 0.5) is 5.69 Å². The Kier molecular flexibility index (Phi) is 5.93. The zero-order chi connectivity index (χ0) is 10.6. The third kappa shape index (κ3) is 4.78. The van der Waals surface area contributed by atoms with Crippen LogP contribution in [0.5, 0.6) is 0 Å². The fourth-order valence-electron chi connectivity index (χ4n) is 1.04. The van der Waals surface area contributed by atoms with Gasteiger partial charge in [-0.1, -0.05) is 12.1 Å². The number of rotatable bonds is 4. The minimum atomic E-state index is 0. The van der Waals surface area contributed by atoms with Crippen molar-refractivity contribution in [3.8, 4) is 0 Å². The second-order valence-corrected chi connectivity index (χ2v) is 3.28. The lowest BCUT2D eigenvalue weighted by molar-refractivity contribution is 0.0964. The van der Waals surface area contributed by atoms with Crippen LogP contribution in [0.15, 0.2) is 24.3 Å². The predicted octanol–water partition coefficient (Wildman–Crippen LogP) is 0.939. The summed E-state index contributed by atoms with van der Waals surface area (Å²) in [7, 11) is 3.68. The number of nitrogens with one attached hydrogen (secondary N) is 1. The Morgan fingerprint density at radius 2 is 2.13 bits per heavy atom. The first-order valence-corrected chi connectivity index (χ1v) is 4.39. The minimum absolute atomic E-state index is 0. The molecule has 1 aromatic carbocycles. The Labute approximate surface area is 95.8 Å². The number of halogens is 1. The van der Waals surface area contributed by atoms with Gasteiger partial charge in [-0.25, -0.2) is 5.43 Å². The van der Waals surface area contributed by atoms with Gasteiger partial charge in [0.2, 0.25) is 0 Å². The van der Waals surface area contributed by atoms with E-state index < -0.39 is 0 Å². The van der Waals surface area contributed by atoms with Gasteiger partial charge in [-0.3, -0.25) is 9.80 Å². The van der Waals surface area contributed by atoms with Gasteiger partial charge in [0.15, 0.2) is 5.78 Å². The molecule has 0 aliphatic carbocycles. The summed E-state index contributed by atoms with van der Waals surface area (Å²) < 4.78 is 0. The lowest BCUT2D eigenvalue weighted by Gasteiger charge is -2.10. The Bertz CT molecular complexity index is 328. The number of hydrogen-bond acceptors (Lipinski definition) is 4. The fraction of sp³-hybridized carbons (Fsp3) is 0.300. The first-order chi connectivity index (χ1) is 6.59. The van der Waals surface area contributed by atoms with Gasteiger partial charge < -0.3 is 5.73 Å². The standard InChI is InChI=1S/C10H15N3O.ClH/c1-13(2)12-7-10(14)8-4-3-5-9(11)6-8;/h3-6,12H,7,11H2,1-2H3;1H. The van der Waals surface area contributed by atoms with E-state index >= 15 is 0 Å². The second-order valence-electron chi connectivity index (χ2n) is 3.28. The number of hydrazine groups is 1. The summed E-state index contributed by atoms with van der Waals surface area (Å²) in [5.41, 5.74) is 9.73. The number of anilines is 1. The van der Waals surface area contributed by atoms with E-state index in [-0.39, 0.29) is 24.7 Å². The molecule has 84 valence electrons. The minimum Gasteiger partial charge on any atom is -0.399 e. The fourth-order valence-corrected chi connectivity index (χ4v) is 1.04. The van der Waals surface area contributed by atoms with Gasteiger partial charge in [-0.15, -0.1) is 12.4 Å². The molecule has 5 heteroatoms. The quantitative estimate of drug-likeness (QED) is 0.458. The van der Waals surface area contributed by atoms with Crippen molar-refractivity contribution >= 4 is 23.9 Å². The summed E-state index contributed by atoms with van der Waals surface area (Å²) in [4.78, 5) is 11.6. The van der Waals surface area contributed by atoms with E-state index in [9.17, 15) is 4.79 Å². The highest BCUT2D eigenvalue weighted by molar-refractivity contribution is 5.98. The zero-order valence-corrected chi connectivity index (χ0v) is 9.67. The molecule has 0 fully saturated rings. The number of Topliss-reactive ketones (excluding diaryl/α,β-unsaturated/α-hetero) is 1. The molecular formula is C10H16ClN3O. The van der Waals surface area contributed by atoms with Crippen molar-refractivity contribution in [2.75, 3.05) is 26.4 Å². The first-order valence-electron chi connectivity index (χ1n) is 4.39. The average Bonchev–Trinajstić information content (AvgIpc) is 2.14. The molecule has 0 heterocycles. The molecule has 15 heavy (non-hydrogen) atoms. The van der Waals surface area contributed by atoms with Crippen LogP contribution in [0, 0.1) is 0 Å². The van der Waals surface area contributed by atoms with Crippen molar-refractivity contribution in [2.45, 2.75) is 0 Å². The number of hydrogen-bond donors (Lipinski definition) is 2. The number of nitrogen functional groups attached to an aromatic ring is 1. The molecule has 3 N–H and O–H groups in total. The summed E-state index contributed by atoms with van der Waals surface area (Å²) >= 11 is 0. The molecule has 0 atom stereocenters. The summed E-state index contributed by atoms with van der Waals surface area (Å²) in [5, 5.41) is 1.74. The Morgan fingerprint density at radius 3 is 2.67 bits per heavy atom. The molecule has 0 saturated heterocycles. The molecule has 1 aromatic rings. The number of ketones is 1. The van der Waals surface area contributed by atoms with Gasteiger partial charge in [0, 0.05) is 25.3 Å². The van der Waals surface area contributed by atoms with E-state index in [0.29, 0.717) is 11.3 Å². The van der Waals surface area contributed by atoms with Gasteiger partial charge >= 0.3 is 0 Å². The second kappa shape index (κ2) is 6.40. The van der Waals surface area contributed by atoms with E-state index in [1.165, 1.54) is 0 Å². The molecule has 0 radical (unpaired) electrons. The molecule has 0 aliphatic heterocycles. The molecule has 0 amide bonds. The van der Waals surface area contributed by atoms with Crippen LogP contribution in [0.2, 0.25) is 0 Å². The molecule has 0 aromatic heterocycles. The van der Waals surface area contributed by atoms with E-state index in [1.54, 1.807) is 29.3 Å². The summed E-state index contributed by atoms with van der Waals surface area (Å²) in [6.45, 7) is 0.288. The lowest BCUT2D eigenvalue weighted by atomic mass is 10.1. The highest BCUT2D eigenvalue weighted by Crippen LogP contribution is 2.06. The summed E-state index contributed by atoms with van der Waals surface area (Å²) in [6.07, 6.45) is 0. The molecule has 0 spiro atoms. The van der Waals surface area contributed by atoms with E-state index in [2.05, 4.69) is 5.43 Å². The number of nitrogens with two attached hydrogens (primary N) is 1. The molecule has 0 aliphatic rings. The van der Waals surface area contributed by atoms with Gasteiger partial charge in [0.25, 0.3) is 0 Å². The van der Waals surface area contributed by atoms with Crippen LogP contribution in [0.25, 0.3) is 0 Å². The smallest absolute Gasteiger partial charge is 0.178 e. The van der Waals surface area contributed by atoms with Crippen LogP contribution in [0.3, 0.4) is 0 Å². The van der Waals surface area contributed by atoms with Gasteiger partial charge in [0.1, 0.15) is 0 Å². The van der Waals surface area contributed by atoms with Crippen molar-refractivity contribution in [1.29, 1.82) is 0 Å². The maximum Gasteiger partial charge on any atom is 0.178 e. The Balaban J connectivity index is 0.00000196. The van der Waals surface area contributed by atoms with Crippen LogP contribution in [0.1, 0.15) is 10.4 Å². The summed E-state index contributed by atoms with van der Waals surface area (Å²) in [6, 6.07) is 6.98. The van der Waals surface area contributed by atoms with E-state index in [1.807, 2.05) is 14.1 Å². The third-order valence-corrected chi connectivity index (χ3v) is 1.76. The topological polar surface area (TPSA) is 58.4 Å². The maximum absolute atomic E-state index is 11.6. The highest BCUT2D eigenvalue weighted by atomic mass is 35.5. The third-order valence-electron chi connectivity index (χ3n) is 1.76. The largest absolute Gasteiger partial charge is 0.399 e. The number of benzene rings is 1. The van der Waals surface area contributed by atoms with Gasteiger partial charge in [0.05, 0.1) is 6.54 Å². The normalized spacial score (nSPS) is 9.80. The molecular weight excluding hydrogens is 214 g/mol. The molecule has 4 nitrogen and oxygen atoms in total. The highest BCUT2D eigenvalue weighted by Gasteiger charge is 2.05. The van der Waals surface area contributed by atoms with Gasteiger partial charge in [-0.2, -0.15) is 0 Å². The van der Waals surface area contributed by atoms with Crippen molar-refractivity contribution in [2.24, 2.45) is 0 Å². The van der Waals surface area contributed by atoms with Crippen molar-refractivity contribution in [3.05, 3.63) is 29.8 Å². The predicted molar refractivity (Wildman–Crippen MR) is 64.1 cm³/mol. The Hall–Kier alpha value is -1.10. The zero-order valence-electron chi connectivity index (χ0n) is 8.86. The number of nitrogens with zero attached hydrogens (tertiary/aromatic N) is 1. The Morgan fingerprint density at radius 1 is 1.47 bits per heavy atom. The van der Waals surface area contributed by atoms with Crippen LogP contribution in [-0.2, 0) is 0 Å². The van der Waals surface area contributed by atoms with Crippen LogP contribution in [-0.4, -0.2) is 31.4 Å². The molecule has 1 rings (SSSR count). The van der Waals surface area contributed by atoms with Gasteiger partial charge in [-0.05, 0) is 12.1 Å². The summed E-state index contributed by atoms with van der Waals surface area (Å²) in [5.74, 6) is 0.0333. The first kappa shape index (κ1) is 13.9. The van der Waals surface area contributed by atoms with Crippen LogP contribution >= 0.6 is 12.4 Å². The van der Waals surface area contributed by atoms with E-state index in [0.717, 1.165) is 0 Å². The number of carbonyl (C=O) groups is 1. The maximum atomic E-state index is 11.6. The molecule has 0 saturated carbocycles. The molecule has 0 unspecified atom stereocenters. The average molecular weight is 230 g/mol. The van der Waals surface area contributed by atoms with Crippen molar-refractivity contribution in [1.82, 2.24) is 10.4 Å². The van der Waals surface area contributed by atoms with Crippen molar-refractivity contribution in [3.63, 3.8) is 0 Å². The molecule has 0 bridgehead atoms. The van der Waals surface area contributed by atoms with E-state index in [4.69, 9.17) is 5.73 Å². The van der Waals surface area contributed by atoms with Crippen molar-refractivity contribution < 1.29 is 4.79 Å². The SMILES string of the molecule is CN(C)NCC(=O)c1cccc(N)c1.Cl. The lowest BCUT2D eigenvalue weighted by Crippen LogP contribution is -2.34. The van der Waals surface area contributed by atoms with Crippen LogP contribution < -0.4 is 11.2 Å². The monoisotopic (exact) mass is 229 g/mol. The number of carbonyl (C=O) groups excluding carboxylic acids is 1.